The lowest BCUT2D eigenvalue weighted by Crippen LogP contribution is -2.47. The largest absolute Gasteiger partial charge is 0.400 e. The van der Waals surface area contributed by atoms with Crippen molar-refractivity contribution in [2.45, 2.75) is 25.8 Å². The van der Waals surface area contributed by atoms with Crippen LogP contribution in [-0.4, -0.2) is 55.9 Å². The summed E-state index contributed by atoms with van der Waals surface area (Å²) in [6.07, 6.45) is 1.18. The molecule has 1 fully saturated rings. The molecule has 4 rings (SSSR count). The van der Waals surface area contributed by atoms with Gasteiger partial charge in [-0.3, -0.25) is 15.1 Å². The molecule has 0 aliphatic carbocycles. The summed E-state index contributed by atoms with van der Waals surface area (Å²) in [5, 5.41) is 3.40. The molecule has 1 atom stereocenters. The predicted molar refractivity (Wildman–Crippen MR) is 131 cm³/mol. The molecule has 10 heteroatoms. The minimum atomic E-state index is -0.721. The van der Waals surface area contributed by atoms with Crippen molar-refractivity contribution >= 4 is 28.9 Å². The Hall–Kier alpha value is -3.04. The molecule has 2 aliphatic rings. The summed E-state index contributed by atoms with van der Waals surface area (Å²) in [7, 11) is 1.52. The normalized spacial score (nSPS) is 19.4. The number of amides is 1. The molecule has 186 valence electrons. The number of nitrogens with two attached hydrogens (primary N) is 1. The summed E-state index contributed by atoms with van der Waals surface area (Å²) in [6.45, 7) is 4.06. The Morgan fingerprint density at radius 3 is 2.43 bits per heavy atom. The van der Waals surface area contributed by atoms with Crippen molar-refractivity contribution in [1.82, 2.24) is 10.2 Å². The van der Waals surface area contributed by atoms with Crippen LogP contribution in [-0.2, 0) is 0 Å². The van der Waals surface area contributed by atoms with E-state index in [1.807, 2.05) is 4.90 Å². The molecule has 0 radical (unpaired) electrons. The molecular formula is C25H27ClF3N5O. The van der Waals surface area contributed by atoms with E-state index in [2.05, 4.69) is 10.3 Å². The Morgan fingerprint density at radius 1 is 1.11 bits per heavy atom. The molecule has 2 aliphatic heterocycles. The number of halogens is 4. The highest BCUT2D eigenvalue weighted by Gasteiger charge is 2.33. The number of hydrogen-bond acceptors (Lipinski definition) is 5. The van der Waals surface area contributed by atoms with Crippen LogP contribution in [0.25, 0.3) is 0 Å². The van der Waals surface area contributed by atoms with Gasteiger partial charge in [0.15, 0.2) is 0 Å². The number of anilines is 1. The fourth-order valence-electron chi connectivity index (χ4n) is 4.66. The van der Waals surface area contributed by atoms with Crippen molar-refractivity contribution in [1.29, 1.82) is 0 Å². The van der Waals surface area contributed by atoms with Gasteiger partial charge in [0.2, 0.25) is 0 Å². The number of aliphatic imine (C=N–C) groups is 1. The van der Waals surface area contributed by atoms with Gasteiger partial charge in [0, 0.05) is 43.0 Å². The first-order valence-electron chi connectivity index (χ1n) is 11.4. The van der Waals surface area contributed by atoms with Gasteiger partial charge in [-0.2, -0.15) is 0 Å². The second kappa shape index (κ2) is 10.3. The number of benzene rings is 2. The van der Waals surface area contributed by atoms with Crippen molar-refractivity contribution < 1.29 is 18.0 Å². The number of nitrogens with one attached hydrogen (secondary N) is 1. The molecule has 0 bridgehead atoms. The number of carbonyl (C=O) groups is 1. The van der Waals surface area contributed by atoms with E-state index in [1.165, 1.54) is 30.1 Å². The fraction of sp³-hybridized carbons (Fsp3) is 0.360. The molecule has 2 aromatic carbocycles. The van der Waals surface area contributed by atoms with Crippen molar-refractivity contribution in [3.05, 3.63) is 75.2 Å². The zero-order valence-corrected chi connectivity index (χ0v) is 20.3. The van der Waals surface area contributed by atoms with Gasteiger partial charge in [-0.1, -0.05) is 11.6 Å². The molecular weight excluding hydrogens is 479 g/mol. The quantitative estimate of drug-likeness (QED) is 0.614. The average Bonchev–Trinajstić information content (AvgIpc) is 2.83. The van der Waals surface area contributed by atoms with Gasteiger partial charge in [-0.05, 0) is 50.6 Å². The third kappa shape index (κ3) is 5.01. The van der Waals surface area contributed by atoms with Gasteiger partial charge in [0.25, 0.3) is 5.91 Å². The lowest BCUT2D eigenvalue weighted by atomic mass is 9.91. The standard InChI is InChI=1S/C25H27ClF3N5O/c1-14-23(30)19(24(31-2)15-8-16(27)10-17(28)9-15)4-7-34(14)25(35)20-11-18(29)12-21(22(20)26)33-6-3-5-32-13-33/h8-12,14,32H,3-7,13,30H2,1-2H3/t14-/m0/s1. The van der Waals surface area contributed by atoms with E-state index in [0.717, 1.165) is 25.1 Å². The summed E-state index contributed by atoms with van der Waals surface area (Å²) in [5.41, 5.74) is 8.54. The number of nitrogens with zero attached hydrogens (tertiary/aromatic N) is 3. The maximum Gasteiger partial charge on any atom is 0.256 e. The first-order valence-corrected chi connectivity index (χ1v) is 11.8. The topological polar surface area (TPSA) is 74.0 Å². The summed E-state index contributed by atoms with van der Waals surface area (Å²) in [4.78, 5) is 21.2. The third-order valence-electron chi connectivity index (χ3n) is 6.45. The Labute approximate surface area is 207 Å². The zero-order valence-electron chi connectivity index (χ0n) is 19.5. The summed E-state index contributed by atoms with van der Waals surface area (Å²) < 4.78 is 42.2. The number of carbonyl (C=O) groups excluding carboxylic acids is 1. The van der Waals surface area contributed by atoms with Crippen LogP contribution in [0.5, 0.6) is 0 Å². The highest BCUT2D eigenvalue weighted by atomic mass is 35.5. The highest BCUT2D eigenvalue weighted by Crippen LogP contribution is 2.34. The first-order chi connectivity index (χ1) is 16.7. The van der Waals surface area contributed by atoms with E-state index in [4.69, 9.17) is 17.3 Å². The van der Waals surface area contributed by atoms with E-state index >= 15 is 0 Å². The molecule has 3 N–H and O–H groups in total. The van der Waals surface area contributed by atoms with Crippen LogP contribution in [0.4, 0.5) is 18.9 Å². The van der Waals surface area contributed by atoms with Crippen LogP contribution in [0.2, 0.25) is 5.02 Å². The third-order valence-corrected chi connectivity index (χ3v) is 6.85. The van der Waals surface area contributed by atoms with Crippen LogP contribution in [0, 0.1) is 17.5 Å². The predicted octanol–water partition coefficient (Wildman–Crippen LogP) is 4.08. The monoisotopic (exact) mass is 505 g/mol. The van der Waals surface area contributed by atoms with Crippen molar-refractivity contribution in [2.75, 3.05) is 38.3 Å². The molecule has 6 nitrogen and oxygen atoms in total. The van der Waals surface area contributed by atoms with Gasteiger partial charge in [-0.15, -0.1) is 0 Å². The SMILES string of the molecule is CN=C(C1=C(N)[C@H](C)N(C(=O)c2cc(F)cc(N3CCCNC3)c2Cl)CC1)c1cc(F)cc(F)c1. The Balaban J connectivity index is 1.65. The van der Waals surface area contributed by atoms with Crippen LogP contribution < -0.4 is 16.0 Å². The van der Waals surface area contributed by atoms with Crippen LogP contribution in [0.1, 0.15) is 35.7 Å². The summed E-state index contributed by atoms with van der Waals surface area (Å²) in [5.74, 6) is -2.44. The summed E-state index contributed by atoms with van der Waals surface area (Å²) >= 11 is 6.61. The maximum absolute atomic E-state index is 14.5. The molecule has 0 spiro atoms. The lowest BCUT2D eigenvalue weighted by molar-refractivity contribution is 0.0706. The number of rotatable bonds is 4. The summed E-state index contributed by atoms with van der Waals surface area (Å²) in [6, 6.07) is 5.08. The average molecular weight is 506 g/mol. The van der Waals surface area contributed by atoms with Gasteiger partial charge in [0.1, 0.15) is 17.5 Å². The van der Waals surface area contributed by atoms with E-state index < -0.39 is 29.4 Å². The fourth-order valence-corrected chi connectivity index (χ4v) is 4.97. The maximum atomic E-state index is 14.5. The first kappa shape index (κ1) is 25.1. The van der Waals surface area contributed by atoms with Crippen molar-refractivity contribution in [2.24, 2.45) is 10.7 Å². The van der Waals surface area contributed by atoms with Crippen LogP contribution in [0.15, 0.2) is 46.6 Å². The van der Waals surface area contributed by atoms with Crippen molar-refractivity contribution in [3.8, 4) is 0 Å². The molecule has 1 amide bonds. The lowest BCUT2D eigenvalue weighted by Gasteiger charge is -2.36. The molecule has 0 aromatic heterocycles. The van der Waals surface area contributed by atoms with E-state index in [-0.39, 0.29) is 22.7 Å². The van der Waals surface area contributed by atoms with E-state index in [1.54, 1.807) is 6.92 Å². The Kier molecular flexibility index (Phi) is 7.37. The van der Waals surface area contributed by atoms with Gasteiger partial charge < -0.3 is 15.5 Å². The molecule has 2 heterocycles. The van der Waals surface area contributed by atoms with Gasteiger partial charge in [-0.25, -0.2) is 13.2 Å². The van der Waals surface area contributed by atoms with Gasteiger partial charge >= 0.3 is 0 Å². The molecule has 2 aromatic rings. The second-order valence-corrected chi connectivity index (χ2v) is 9.03. The van der Waals surface area contributed by atoms with Crippen LogP contribution in [0.3, 0.4) is 0 Å². The molecule has 35 heavy (non-hydrogen) atoms. The van der Waals surface area contributed by atoms with Crippen molar-refractivity contribution in [3.63, 3.8) is 0 Å². The second-order valence-electron chi connectivity index (χ2n) is 8.65. The Morgan fingerprint density at radius 2 is 1.80 bits per heavy atom. The van der Waals surface area contributed by atoms with E-state index in [9.17, 15) is 18.0 Å². The highest BCUT2D eigenvalue weighted by molar-refractivity contribution is 6.36. The minimum absolute atomic E-state index is 0.0620. The minimum Gasteiger partial charge on any atom is -0.400 e. The van der Waals surface area contributed by atoms with E-state index in [0.29, 0.717) is 42.3 Å². The number of hydrogen-bond donors (Lipinski definition) is 2. The zero-order chi connectivity index (χ0) is 25.3. The van der Waals surface area contributed by atoms with Crippen LogP contribution >= 0.6 is 11.6 Å². The molecule has 1 saturated heterocycles. The molecule has 0 unspecified atom stereocenters. The Bertz CT molecular complexity index is 1190. The van der Waals surface area contributed by atoms with Gasteiger partial charge in [0.05, 0.1) is 34.7 Å². The smallest absolute Gasteiger partial charge is 0.256 e. The molecule has 0 saturated carbocycles.